The minimum absolute atomic E-state index is 0.0195. The molecule has 0 heterocycles. The van der Waals surface area contributed by atoms with Gasteiger partial charge in [-0.2, -0.15) is 0 Å². The molecule has 2 nitrogen and oxygen atoms in total. The van der Waals surface area contributed by atoms with Crippen molar-refractivity contribution in [1.29, 1.82) is 0 Å². The Balaban J connectivity index is 2.01. The van der Waals surface area contributed by atoms with Gasteiger partial charge >= 0.3 is 5.97 Å². The highest BCUT2D eigenvalue weighted by atomic mass is 16.5. The van der Waals surface area contributed by atoms with Gasteiger partial charge in [0.05, 0.1) is 12.7 Å². The van der Waals surface area contributed by atoms with Crippen molar-refractivity contribution < 1.29 is 9.53 Å². The van der Waals surface area contributed by atoms with Crippen LogP contribution in [0.2, 0.25) is 0 Å². The molecule has 4 rings (SSSR count). The highest BCUT2D eigenvalue weighted by Crippen LogP contribution is 2.56. The molecule has 0 saturated carbocycles. The van der Waals surface area contributed by atoms with Crippen LogP contribution in [0.25, 0.3) is 11.1 Å². The zero-order valence-corrected chi connectivity index (χ0v) is 17.2. The van der Waals surface area contributed by atoms with Crippen LogP contribution in [0, 0.1) is 0 Å². The summed E-state index contributed by atoms with van der Waals surface area (Å²) in [5, 5.41) is 0. The van der Waals surface area contributed by atoms with Crippen LogP contribution in [0.4, 0.5) is 0 Å². The molecule has 3 aromatic rings. The van der Waals surface area contributed by atoms with Gasteiger partial charge in [-0.15, -0.1) is 0 Å². The quantitative estimate of drug-likeness (QED) is 0.471. The summed E-state index contributed by atoms with van der Waals surface area (Å²) < 4.78 is 4.87. The fourth-order valence-electron chi connectivity index (χ4n) is 4.83. The first-order valence-corrected chi connectivity index (χ1v) is 10.2. The van der Waals surface area contributed by atoms with Crippen LogP contribution in [-0.2, 0) is 10.2 Å². The standard InChI is InChI=1S/C27H26O2/c1-4-27(5-2)23-14-10-9-13-22(23)24(25(27)20-11-7-6-8-12-20)19-15-17-21(18-16-19)26(28)29-3/h6-18H,4-5H2,1-3H3. The summed E-state index contributed by atoms with van der Waals surface area (Å²) in [6.45, 7) is 4.57. The van der Waals surface area contributed by atoms with E-state index in [9.17, 15) is 4.79 Å². The number of fused-ring (bicyclic) bond motifs is 1. The first kappa shape index (κ1) is 19.2. The Kier molecular flexibility index (Phi) is 5.10. The van der Waals surface area contributed by atoms with Crippen LogP contribution in [0.5, 0.6) is 0 Å². The SMILES string of the molecule is CCC1(CC)C(c2ccccc2)=C(c2ccc(C(=O)OC)cc2)c2ccccc21. The maximum atomic E-state index is 11.9. The van der Waals surface area contributed by atoms with Crippen molar-refractivity contribution in [2.45, 2.75) is 32.1 Å². The maximum absolute atomic E-state index is 11.9. The summed E-state index contributed by atoms with van der Waals surface area (Å²) >= 11 is 0. The third kappa shape index (κ3) is 3.00. The van der Waals surface area contributed by atoms with Gasteiger partial charge in [-0.3, -0.25) is 0 Å². The zero-order valence-electron chi connectivity index (χ0n) is 17.2. The van der Waals surface area contributed by atoms with E-state index in [1.54, 1.807) is 0 Å². The van der Waals surface area contributed by atoms with Gasteiger partial charge in [0.25, 0.3) is 0 Å². The third-order valence-corrected chi connectivity index (χ3v) is 6.30. The van der Waals surface area contributed by atoms with E-state index >= 15 is 0 Å². The number of ether oxygens (including phenoxy) is 1. The van der Waals surface area contributed by atoms with Gasteiger partial charge in [0.15, 0.2) is 0 Å². The zero-order chi connectivity index (χ0) is 20.4. The lowest BCUT2D eigenvalue weighted by Crippen LogP contribution is -2.24. The number of methoxy groups -OCH3 is 1. The van der Waals surface area contributed by atoms with E-state index in [4.69, 9.17) is 4.74 Å². The molecule has 0 bridgehead atoms. The molecule has 0 saturated heterocycles. The van der Waals surface area contributed by atoms with E-state index in [1.165, 1.54) is 34.9 Å². The molecule has 146 valence electrons. The molecular weight excluding hydrogens is 356 g/mol. The second kappa shape index (κ2) is 7.71. The number of rotatable bonds is 5. The Bertz CT molecular complexity index is 1060. The van der Waals surface area contributed by atoms with E-state index < -0.39 is 0 Å². The molecule has 1 aliphatic carbocycles. The van der Waals surface area contributed by atoms with Gasteiger partial charge in [-0.05, 0) is 58.4 Å². The monoisotopic (exact) mass is 382 g/mol. The number of carbonyl (C=O) groups is 1. The van der Waals surface area contributed by atoms with Crippen LogP contribution < -0.4 is 0 Å². The molecule has 3 aromatic carbocycles. The normalized spacial score (nSPS) is 14.6. The molecule has 0 radical (unpaired) electrons. The van der Waals surface area contributed by atoms with Gasteiger partial charge in [-0.25, -0.2) is 4.79 Å². The van der Waals surface area contributed by atoms with Crippen molar-refractivity contribution in [3.8, 4) is 0 Å². The Morgan fingerprint density at radius 3 is 2.03 bits per heavy atom. The molecule has 0 aromatic heterocycles. The van der Waals surface area contributed by atoms with Gasteiger partial charge in [0.1, 0.15) is 0 Å². The highest BCUT2D eigenvalue weighted by molar-refractivity contribution is 6.07. The number of hydrogen-bond donors (Lipinski definition) is 0. The number of hydrogen-bond acceptors (Lipinski definition) is 2. The first-order valence-electron chi connectivity index (χ1n) is 10.2. The van der Waals surface area contributed by atoms with Gasteiger partial charge in [0, 0.05) is 5.41 Å². The topological polar surface area (TPSA) is 26.3 Å². The lowest BCUT2D eigenvalue weighted by molar-refractivity contribution is 0.0600. The fourth-order valence-corrected chi connectivity index (χ4v) is 4.83. The van der Waals surface area contributed by atoms with Gasteiger partial charge in [0.2, 0.25) is 0 Å². The molecule has 1 aliphatic rings. The molecule has 0 unspecified atom stereocenters. The summed E-state index contributed by atoms with van der Waals surface area (Å²) in [6, 6.07) is 27.3. The van der Waals surface area contributed by atoms with Crippen LogP contribution in [0.3, 0.4) is 0 Å². The third-order valence-electron chi connectivity index (χ3n) is 6.30. The summed E-state index contributed by atoms with van der Waals surface area (Å²) in [4.78, 5) is 11.9. The average Bonchev–Trinajstić information content (AvgIpc) is 3.10. The molecule has 0 atom stereocenters. The van der Waals surface area contributed by atoms with Crippen molar-refractivity contribution in [1.82, 2.24) is 0 Å². The summed E-state index contributed by atoms with van der Waals surface area (Å²) in [5.41, 5.74) is 8.29. The van der Waals surface area contributed by atoms with Gasteiger partial charge < -0.3 is 4.74 Å². The minimum Gasteiger partial charge on any atom is -0.465 e. The van der Waals surface area contributed by atoms with Crippen LogP contribution >= 0.6 is 0 Å². The van der Waals surface area contributed by atoms with E-state index in [0.717, 1.165) is 18.4 Å². The molecule has 0 spiro atoms. The van der Waals surface area contributed by atoms with Crippen molar-refractivity contribution in [3.05, 3.63) is 107 Å². The van der Waals surface area contributed by atoms with Crippen molar-refractivity contribution in [2.75, 3.05) is 7.11 Å². The Morgan fingerprint density at radius 1 is 0.793 bits per heavy atom. The first-order chi connectivity index (χ1) is 14.2. The number of benzene rings is 3. The van der Waals surface area contributed by atoms with Gasteiger partial charge in [-0.1, -0.05) is 80.6 Å². The highest BCUT2D eigenvalue weighted by Gasteiger charge is 2.43. The molecule has 0 N–H and O–H groups in total. The second-order valence-electron chi connectivity index (χ2n) is 7.52. The number of esters is 1. The summed E-state index contributed by atoms with van der Waals surface area (Å²) in [7, 11) is 1.41. The van der Waals surface area contributed by atoms with Crippen LogP contribution in [0.1, 0.15) is 59.3 Å². The maximum Gasteiger partial charge on any atom is 0.337 e. The van der Waals surface area contributed by atoms with E-state index in [2.05, 4.69) is 68.4 Å². The second-order valence-corrected chi connectivity index (χ2v) is 7.52. The van der Waals surface area contributed by atoms with E-state index in [1.807, 2.05) is 24.3 Å². The average molecular weight is 383 g/mol. The largest absolute Gasteiger partial charge is 0.465 e. The van der Waals surface area contributed by atoms with Crippen molar-refractivity contribution >= 4 is 17.1 Å². The fraction of sp³-hybridized carbons (Fsp3) is 0.222. The molecule has 2 heteroatoms. The van der Waals surface area contributed by atoms with E-state index in [0.29, 0.717) is 5.56 Å². The molecule has 0 fully saturated rings. The summed E-state index contributed by atoms with van der Waals surface area (Å²) in [5.74, 6) is -0.308. The predicted molar refractivity (Wildman–Crippen MR) is 119 cm³/mol. The molecular formula is C27H26O2. The van der Waals surface area contributed by atoms with Crippen molar-refractivity contribution in [2.24, 2.45) is 0 Å². The molecule has 29 heavy (non-hydrogen) atoms. The van der Waals surface area contributed by atoms with Crippen molar-refractivity contribution in [3.63, 3.8) is 0 Å². The lowest BCUT2D eigenvalue weighted by atomic mass is 9.70. The predicted octanol–water partition coefficient (Wildman–Crippen LogP) is 6.50. The molecule has 0 aliphatic heterocycles. The van der Waals surface area contributed by atoms with Crippen LogP contribution in [-0.4, -0.2) is 13.1 Å². The van der Waals surface area contributed by atoms with E-state index in [-0.39, 0.29) is 11.4 Å². The minimum atomic E-state index is -0.308. The van der Waals surface area contributed by atoms with Crippen LogP contribution in [0.15, 0.2) is 78.9 Å². The Labute approximate surface area is 172 Å². The smallest absolute Gasteiger partial charge is 0.337 e. The molecule has 0 amide bonds. The lowest BCUT2D eigenvalue weighted by Gasteiger charge is -2.32. The Hall–Kier alpha value is -3.13. The number of carbonyl (C=O) groups excluding carboxylic acids is 1. The number of allylic oxidation sites excluding steroid dienone is 1. The summed E-state index contributed by atoms with van der Waals surface area (Å²) in [6.07, 6.45) is 2.07. The Morgan fingerprint density at radius 2 is 1.41 bits per heavy atom.